The van der Waals surface area contributed by atoms with Crippen molar-refractivity contribution < 1.29 is 13.9 Å². The van der Waals surface area contributed by atoms with Crippen molar-refractivity contribution in [1.29, 1.82) is 0 Å². The zero-order valence-corrected chi connectivity index (χ0v) is 13.4. The molecular weight excluding hydrogens is 314 g/mol. The molecule has 1 atom stereocenters. The predicted molar refractivity (Wildman–Crippen MR) is 85.5 cm³/mol. The Hall–Kier alpha value is -1.86. The van der Waals surface area contributed by atoms with Gasteiger partial charge < -0.3 is 9.15 Å². The second-order valence-corrected chi connectivity index (χ2v) is 7.46. The molecule has 0 radical (unpaired) electrons. The summed E-state index contributed by atoms with van der Waals surface area (Å²) in [5, 5.41) is 0. The minimum Gasteiger partial charge on any atom is -0.439 e. The summed E-state index contributed by atoms with van der Waals surface area (Å²) in [6.45, 7) is 3.69. The van der Waals surface area contributed by atoms with Gasteiger partial charge in [0.15, 0.2) is 0 Å². The van der Waals surface area contributed by atoms with Crippen LogP contribution < -0.4 is 4.90 Å². The first-order valence-electron chi connectivity index (χ1n) is 7.95. The van der Waals surface area contributed by atoms with Crippen molar-refractivity contribution in [3.63, 3.8) is 0 Å². The molecule has 2 aromatic heterocycles. The molecule has 4 fully saturated rings. The Morgan fingerprint density at radius 3 is 2.83 bits per heavy atom. The summed E-state index contributed by atoms with van der Waals surface area (Å²) < 4.78 is 11.7. The Labute approximate surface area is 137 Å². The third-order valence-corrected chi connectivity index (χ3v) is 6.08. The summed E-state index contributed by atoms with van der Waals surface area (Å²) in [6.07, 6.45) is 3.71. The lowest BCUT2D eigenvalue weighted by Crippen LogP contribution is -2.61. The van der Waals surface area contributed by atoms with Crippen LogP contribution in [0.5, 0.6) is 0 Å². The van der Waals surface area contributed by atoms with Crippen molar-refractivity contribution in [2.75, 3.05) is 31.1 Å². The van der Waals surface area contributed by atoms with Crippen LogP contribution in [0.15, 0.2) is 28.3 Å². The Kier molecular flexibility index (Phi) is 2.84. The van der Waals surface area contributed by atoms with Gasteiger partial charge in [-0.25, -0.2) is 9.69 Å². The molecule has 6 rings (SSSR count). The number of aromatic nitrogens is 1. The van der Waals surface area contributed by atoms with Gasteiger partial charge in [0.1, 0.15) is 11.4 Å². The normalized spacial score (nSPS) is 32.7. The number of anilines is 1. The van der Waals surface area contributed by atoms with Crippen LogP contribution in [0.3, 0.4) is 0 Å². The van der Waals surface area contributed by atoms with E-state index < -0.39 is 0 Å². The highest BCUT2D eigenvalue weighted by atomic mass is 32.1. The van der Waals surface area contributed by atoms with Gasteiger partial charge in [-0.15, -0.1) is 11.3 Å². The summed E-state index contributed by atoms with van der Waals surface area (Å²) >= 11 is 1.52. The van der Waals surface area contributed by atoms with E-state index in [1.54, 1.807) is 16.6 Å². The van der Waals surface area contributed by atoms with E-state index in [9.17, 15) is 4.79 Å². The number of hydrogen-bond donors (Lipinski definition) is 0. The standard InChI is InChI=1S/C16H17N3O3S/c20-15-19(14-2-1-12(21-14)13-7-17-10-23-13)9-16(22-15)8-18-5-3-11(16)4-6-18/h1-2,7,10-11H,3-6,8-9H2/t16-/m1/s1. The molecular formula is C16H17N3O3S. The van der Waals surface area contributed by atoms with Gasteiger partial charge in [-0.3, -0.25) is 9.88 Å². The summed E-state index contributed by atoms with van der Waals surface area (Å²) in [5.74, 6) is 1.77. The fourth-order valence-electron chi connectivity index (χ4n) is 4.12. The van der Waals surface area contributed by atoms with Crippen molar-refractivity contribution >= 4 is 23.3 Å². The van der Waals surface area contributed by atoms with Crippen LogP contribution in [0.25, 0.3) is 10.6 Å². The van der Waals surface area contributed by atoms with E-state index in [0.717, 1.165) is 43.1 Å². The van der Waals surface area contributed by atoms with Gasteiger partial charge in [0.25, 0.3) is 0 Å². The van der Waals surface area contributed by atoms with E-state index >= 15 is 0 Å². The number of piperidine rings is 3. The minimum absolute atomic E-state index is 0.288. The number of carbonyl (C=O) groups is 1. The fraction of sp³-hybridized carbons (Fsp3) is 0.500. The molecule has 0 N–H and O–H groups in total. The Morgan fingerprint density at radius 2 is 2.13 bits per heavy atom. The lowest BCUT2D eigenvalue weighted by molar-refractivity contribution is -0.0881. The second kappa shape index (κ2) is 4.82. The predicted octanol–water partition coefficient (Wildman–Crippen LogP) is 2.82. The van der Waals surface area contributed by atoms with E-state index in [2.05, 4.69) is 9.88 Å². The van der Waals surface area contributed by atoms with E-state index in [1.807, 2.05) is 12.1 Å². The van der Waals surface area contributed by atoms with Crippen molar-refractivity contribution in [2.24, 2.45) is 5.92 Å². The van der Waals surface area contributed by atoms with Crippen LogP contribution in [0.1, 0.15) is 12.8 Å². The highest BCUT2D eigenvalue weighted by molar-refractivity contribution is 7.13. The number of furan rings is 1. The smallest absolute Gasteiger partial charge is 0.417 e. The molecule has 2 bridgehead atoms. The quantitative estimate of drug-likeness (QED) is 0.847. The van der Waals surface area contributed by atoms with Crippen LogP contribution in [0, 0.1) is 5.92 Å². The maximum absolute atomic E-state index is 12.4. The molecule has 6 heterocycles. The van der Waals surface area contributed by atoms with Gasteiger partial charge in [0, 0.05) is 24.7 Å². The third kappa shape index (κ3) is 2.03. The van der Waals surface area contributed by atoms with Crippen LogP contribution in [0.2, 0.25) is 0 Å². The minimum atomic E-state index is -0.356. The third-order valence-electron chi connectivity index (χ3n) is 5.29. The molecule has 4 aliphatic rings. The lowest BCUT2D eigenvalue weighted by Gasteiger charge is -2.49. The number of nitrogens with zero attached hydrogens (tertiary/aromatic N) is 3. The molecule has 4 aliphatic heterocycles. The molecule has 0 aliphatic carbocycles. The molecule has 2 aromatic rings. The molecule has 0 saturated carbocycles. The maximum atomic E-state index is 12.4. The number of rotatable bonds is 2. The van der Waals surface area contributed by atoms with Crippen molar-refractivity contribution in [2.45, 2.75) is 18.4 Å². The number of carbonyl (C=O) groups excluding carboxylic acids is 1. The SMILES string of the molecule is O=C1O[C@]2(CN3CCC2CC3)CN1c1ccc(-c2cncs2)o1. The van der Waals surface area contributed by atoms with E-state index in [0.29, 0.717) is 18.3 Å². The van der Waals surface area contributed by atoms with E-state index in [-0.39, 0.29) is 11.7 Å². The topological polar surface area (TPSA) is 58.8 Å². The molecule has 120 valence electrons. The van der Waals surface area contributed by atoms with Gasteiger partial charge in [-0.2, -0.15) is 0 Å². The average Bonchev–Trinajstić information content (AvgIpc) is 3.28. The molecule has 7 heteroatoms. The Bertz CT molecular complexity index is 736. The first-order chi connectivity index (χ1) is 11.2. The highest BCUT2D eigenvalue weighted by Gasteiger charge is 2.56. The van der Waals surface area contributed by atoms with Gasteiger partial charge in [0.05, 0.1) is 16.9 Å². The summed E-state index contributed by atoms with van der Waals surface area (Å²) in [7, 11) is 0. The van der Waals surface area contributed by atoms with Gasteiger partial charge in [0.2, 0.25) is 5.88 Å². The molecule has 6 nitrogen and oxygen atoms in total. The number of thiazole rings is 1. The Balaban J connectivity index is 1.43. The van der Waals surface area contributed by atoms with Crippen LogP contribution in [-0.4, -0.2) is 47.8 Å². The summed E-state index contributed by atoms with van der Waals surface area (Å²) in [4.78, 5) is 21.5. The van der Waals surface area contributed by atoms with Crippen molar-refractivity contribution in [3.05, 3.63) is 23.8 Å². The number of ether oxygens (including phenoxy) is 1. The maximum Gasteiger partial charge on any atom is 0.417 e. The molecule has 0 aromatic carbocycles. The van der Waals surface area contributed by atoms with E-state index in [4.69, 9.17) is 9.15 Å². The molecule has 1 spiro atoms. The molecule has 23 heavy (non-hydrogen) atoms. The summed E-state index contributed by atoms with van der Waals surface area (Å²) in [6, 6.07) is 3.73. The largest absolute Gasteiger partial charge is 0.439 e. The van der Waals surface area contributed by atoms with Crippen molar-refractivity contribution in [1.82, 2.24) is 9.88 Å². The number of hydrogen-bond acceptors (Lipinski definition) is 6. The van der Waals surface area contributed by atoms with Gasteiger partial charge in [-0.1, -0.05) is 0 Å². The number of fused-ring (bicyclic) bond motifs is 2. The first-order valence-corrected chi connectivity index (χ1v) is 8.83. The summed E-state index contributed by atoms with van der Waals surface area (Å²) in [5.41, 5.74) is 1.41. The molecule has 1 amide bonds. The monoisotopic (exact) mass is 331 g/mol. The molecule has 4 saturated heterocycles. The number of amides is 1. The van der Waals surface area contributed by atoms with Gasteiger partial charge in [-0.05, 0) is 32.0 Å². The zero-order valence-electron chi connectivity index (χ0n) is 12.6. The fourth-order valence-corrected chi connectivity index (χ4v) is 4.71. The lowest BCUT2D eigenvalue weighted by atomic mass is 9.75. The molecule has 0 unspecified atom stereocenters. The second-order valence-electron chi connectivity index (χ2n) is 6.57. The average molecular weight is 331 g/mol. The van der Waals surface area contributed by atoms with Crippen LogP contribution >= 0.6 is 11.3 Å². The van der Waals surface area contributed by atoms with E-state index in [1.165, 1.54) is 11.3 Å². The zero-order chi connectivity index (χ0) is 15.4. The van der Waals surface area contributed by atoms with Gasteiger partial charge >= 0.3 is 6.09 Å². The first kappa shape index (κ1) is 13.6. The highest BCUT2D eigenvalue weighted by Crippen LogP contribution is 2.43. The van der Waals surface area contributed by atoms with Crippen LogP contribution in [0.4, 0.5) is 10.7 Å². The van der Waals surface area contributed by atoms with Crippen molar-refractivity contribution in [3.8, 4) is 10.6 Å². The van der Waals surface area contributed by atoms with Crippen LogP contribution in [-0.2, 0) is 4.74 Å². The Morgan fingerprint density at radius 1 is 1.26 bits per heavy atom.